The van der Waals surface area contributed by atoms with Crippen LogP contribution >= 0.6 is 0 Å². The zero-order valence-electron chi connectivity index (χ0n) is 56.9. The van der Waals surface area contributed by atoms with Crippen molar-refractivity contribution in [2.75, 3.05) is 0 Å². The van der Waals surface area contributed by atoms with Crippen LogP contribution in [0.1, 0.15) is 66.8 Å². The largest absolute Gasteiger partial charge is 0.424 e. The van der Waals surface area contributed by atoms with E-state index in [0.717, 1.165) is 107 Å². The lowest BCUT2D eigenvalue weighted by Crippen LogP contribution is -2.84. The molecule has 0 N–H and O–H groups in total. The van der Waals surface area contributed by atoms with Crippen molar-refractivity contribution in [3.05, 3.63) is 358 Å². The second-order valence-electron chi connectivity index (χ2n) is 26.3. The molecule has 476 valence electrons. The molecule has 0 atom stereocenters. The minimum absolute atomic E-state index is 0.917. The molecule has 5 nitrogen and oxygen atoms in total. The number of benzene rings is 12. The SMILES string of the molecule is Cc1ccc([SiH](O[Si](O[Si](O[Si](O[Si](O[SiH](c2ccc(C)cc2)c2ccc(C)cc2)(c2ccc(C)cc2)c2ccc(C)cc2)(c2ccc(C)cc2)c2ccc(C)cc2)(c2ccc(C)cc2)c2ccc(C)cc2)(c2ccc(C)cc2)c2ccc(C)cc2)c2ccc(C)cc2)cc1. The fraction of sp³-hybridized carbons (Fsp3) is 0.143. The molecule has 0 aromatic heterocycles. The van der Waals surface area contributed by atoms with Crippen molar-refractivity contribution in [1.29, 1.82) is 0 Å². The Hall–Kier alpha value is -8.26. The normalized spacial score (nSPS) is 12.2. The predicted octanol–water partition coefficient (Wildman–Crippen LogP) is 10.9. The maximum absolute atomic E-state index is 9.44. The fourth-order valence-electron chi connectivity index (χ4n) is 12.5. The van der Waals surface area contributed by atoms with E-state index in [-0.39, 0.29) is 0 Å². The Kier molecular flexibility index (Phi) is 20.1. The maximum Gasteiger partial charge on any atom is 0.390 e. The monoisotopic (exact) mass is 1340 g/mol. The van der Waals surface area contributed by atoms with Gasteiger partial charge in [0, 0.05) is 0 Å². The molecule has 0 amide bonds. The molecule has 0 heterocycles. The van der Waals surface area contributed by atoms with Crippen LogP contribution in [0, 0.1) is 83.1 Å². The highest BCUT2D eigenvalue weighted by molar-refractivity contribution is 7.13. The lowest BCUT2D eigenvalue weighted by molar-refractivity contribution is 0.314. The molecule has 11 heteroatoms. The summed E-state index contributed by atoms with van der Waals surface area (Å²) in [6, 6.07) is 108. The summed E-state index contributed by atoms with van der Waals surface area (Å²) >= 11 is 0. The summed E-state index contributed by atoms with van der Waals surface area (Å²) in [5.74, 6) is 0. The van der Waals surface area contributed by atoms with E-state index in [2.05, 4.69) is 374 Å². The van der Waals surface area contributed by atoms with Gasteiger partial charge in [-0.3, -0.25) is 0 Å². The van der Waals surface area contributed by atoms with Gasteiger partial charge in [-0.2, -0.15) is 0 Å². The molecule has 0 fully saturated rings. The van der Waals surface area contributed by atoms with Gasteiger partial charge in [0.25, 0.3) is 0 Å². The van der Waals surface area contributed by atoms with E-state index in [1.807, 2.05) is 0 Å². The molecule has 0 bridgehead atoms. The van der Waals surface area contributed by atoms with Crippen LogP contribution in [0.4, 0.5) is 0 Å². The van der Waals surface area contributed by atoms with E-state index in [0.29, 0.717) is 0 Å². The van der Waals surface area contributed by atoms with Gasteiger partial charge in [0.05, 0.1) is 0 Å². The van der Waals surface area contributed by atoms with Gasteiger partial charge < -0.3 is 20.6 Å². The lowest BCUT2D eigenvalue weighted by atomic mass is 10.2. The van der Waals surface area contributed by atoms with Gasteiger partial charge in [-0.25, -0.2) is 0 Å². The van der Waals surface area contributed by atoms with E-state index >= 15 is 0 Å². The van der Waals surface area contributed by atoms with Gasteiger partial charge >= 0.3 is 34.2 Å². The van der Waals surface area contributed by atoms with E-state index in [4.69, 9.17) is 8.23 Å². The van der Waals surface area contributed by atoms with Crippen molar-refractivity contribution in [2.45, 2.75) is 83.1 Å². The van der Waals surface area contributed by atoms with E-state index in [1.54, 1.807) is 0 Å². The Morgan fingerprint density at radius 2 is 0.274 bits per heavy atom. The average molecular weight is 1340 g/mol. The van der Waals surface area contributed by atoms with Gasteiger partial charge in [-0.05, 0) is 145 Å². The lowest BCUT2D eigenvalue weighted by Gasteiger charge is -2.49. The first kappa shape index (κ1) is 66.7. The molecule has 0 saturated carbocycles. The van der Waals surface area contributed by atoms with Crippen LogP contribution < -0.4 is 62.2 Å². The predicted molar refractivity (Wildman–Crippen MR) is 412 cm³/mol. The van der Waals surface area contributed by atoms with Crippen LogP contribution in [-0.2, 0) is 20.6 Å². The summed E-state index contributed by atoms with van der Waals surface area (Å²) in [6.07, 6.45) is 0. The Bertz CT molecular complexity index is 3940. The van der Waals surface area contributed by atoms with Crippen molar-refractivity contribution < 1.29 is 20.6 Å². The van der Waals surface area contributed by atoms with E-state index < -0.39 is 52.3 Å². The van der Waals surface area contributed by atoms with Gasteiger partial charge in [-0.15, -0.1) is 0 Å². The van der Waals surface area contributed by atoms with Gasteiger partial charge in [-0.1, -0.05) is 358 Å². The Balaban J connectivity index is 1.25. The second-order valence-corrected chi connectivity index (χ2v) is 44.4. The highest BCUT2D eigenvalue weighted by atomic mass is 28.5. The van der Waals surface area contributed by atoms with Crippen molar-refractivity contribution in [3.8, 4) is 0 Å². The maximum atomic E-state index is 9.44. The Morgan fingerprint density at radius 3 is 0.421 bits per heavy atom. The van der Waals surface area contributed by atoms with Crippen LogP contribution in [0.15, 0.2) is 291 Å². The first-order valence-electron chi connectivity index (χ1n) is 33.1. The number of hydrogen-bond acceptors (Lipinski definition) is 5. The van der Waals surface area contributed by atoms with Crippen LogP contribution in [0.25, 0.3) is 0 Å². The summed E-state index contributed by atoms with van der Waals surface area (Å²) in [6.45, 7) is 25.9. The third kappa shape index (κ3) is 14.5. The van der Waals surface area contributed by atoms with Gasteiger partial charge in [0.2, 0.25) is 18.1 Å². The number of rotatable bonds is 22. The molecule has 12 aromatic carbocycles. The third-order valence-corrected chi connectivity index (χ3v) is 42.6. The van der Waals surface area contributed by atoms with Crippen molar-refractivity contribution in [2.24, 2.45) is 0 Å². The molecule has 0 spiro atoms. The topological polar surface area (TPSA) is 46.2 Å². The third-order valence-electron chi connectivity index (χ3n) is 18.4. The second kappa shape index (κ2) is 28.6. The summed E-state index contributed by atoms with van der Waals surface area (Å²) < 4.78 is 45.5. The Labute approximate surface area is 572 Å². The minimum atomic E-state index is -4.56. The van der Waals surface area contributed by atoms with Crippen molar-refractivity contribution in [3.63, 3.8) is 0 Å². The minimum Gasteiger partial charge on any atom is -0.424 e. The molecular weight excluding hydrogens is 1260 g/mol. The van der Waals surface area contributed by atoms with Crippen LogP contribution in [-0.4, -0.2) is 52.3 Å². The first-order valence-corrected chi connectivity index (χ1v) is 43.6. The van der Waals surface area contributed by atoms with Crippen LogP contribution in [0.3, 0.4) is 0 Å². The van der Waals surface area contributed by atoms with Crippen molar-refractivity contribution in [1.82, 2.24) is 0 Å². The van der Waals surface area contributed by atoms with Crippen LogP contribution in [0.5, 0.6) is 0 Å². The molecule has 0 aliphatic rings. The molecular formula is C84H86O5Si6. The Morgan fingerprint density at radius 1 is 0.158 bits per heavy atom. The van der Waals surface area contributed by atoms with E-state index in [9.17, 15) is 12.3 Å². The highest BCUT2D eigenvalue weighted by Crippen LogP contribution is 2.30. The number of hydrogen-bond donors (Lipinski definition) is 0. The summed E-state index contributed by atoms with van der Waals surface area (Å²) in [5, 5.41) is 12.1. The quantitative estimate of drug-likeness (QED) is 0.0633. The van der Waals surface area contributed by atoms with Crippen molar-refractivity contribution >= 4 is 115 Å². The summed E-state index contributed by atoms with van der Waals surface area (Å²) in [4.78, 5) is 0. The zero-order chi connectivity index (χ0) is 66.5. The molecule has 12 aromatic rings. The molecule has 0 radical (unpaired) electrons. The number of aryl methyl sites for hydroxylation is 12. The van der Waals surface area contributed by atoms with Crippen LogP contribution in [0.2, 0.25) is 0 Å². The van der Waals surface area contributed by atoms with Gasteiger partial charge in [0.15, 0.2) is 0 Å². The molecule has 0 saturated heterocycles. The molecule has 95 heavy (non-hydrogen) atoms. The molecule has 0 aliphatic heterocycles. The van der Waals surface area contributed by atoms with E-state index in [1.165, 1.54) is 22.3 Å². The molecule has 12 rings (SSSR count). The molecule has 0 unspecified atom stereocenters. The first-order chi connectivity index (χ1) is 45.8. The summed E-state index contributed by atoms with van der Waals surface area (Å²) in [5.41, 5.74) is 13.7. The average Bonchev–Trinajstić information content (AvgIpc) is 0.715. The highest BCUT2D eigenvalue weighted by Gasteiger charge is 2.64. The molecule has 0 aliphatic carbocycles. The summed E-state index contributed by atoms with van der Waals surface area (Å²) in [7, 11) is -23.2. The smallest absolute Gasteiger partial charge is 0.390 e. The zero-order valence-corrected chi connectivity index (χ0v) is 63.2. The van der Waals surface area contributed by atoms with Gasteiger partial charge in [0.1, 0.15) is 0 Å². The fourth-order valence-corrected chi connectivity index (χ4v) is 41.5. The standard InChI is InChI=1S/C84H86O5Si6/c1-61-13-37-73(38-14-61)90(74-39-15-62(2)16-40-74)85-92(77-45-21-65(5)22-46-77,78-47-23-66(6)24-48-78)87-94(81-53-29-69(9)30-54-81,82-55-31-70(10)32-56-82)89-95(83-57-33-71(11)34-58-83,84-59-35-72(12)36-60-84)88-93(79-49-25-67(7)26-50-79,80-51-27-68(8)28-52-80)86-91(75-41-17-63(3)18-42-75)76-43-19-64(4)20-44-76/h13-60,90-91H,1-12H3.